The van der Waals surface area contributed by atoms with Gasteiger partial charge in [0.2, 0.25) is 6.10 Å². The first-order chi connectivity index (χ1) is 16.8. The summed E-state index contributed by atoms with van der Waals surface area (Å²) in [5.41, 5.74) is 3.25. The summed E-state index contributed by atoms with van der Waals surface area (Å²) in [6, 6.07) is 9.36. The van der Waals surface area contributed by atoms with E-state index in [9.17, 15) is 14.7 Å². The van der Waals surface area contributed by atoms with E-state index in [1.807, 2.05) is 32.0 Å². The smallest absolute Gasteiger partial charge is 0.347 e. The second kappa shape index (κ2) is 12.1. The highest BCUT2D eigenvalue weighted by atomic mass is 16.7. The van der Waals surface area contributed by atoms with Crippen molar-refractivity contribution in [1.29, 1.82) is 0 Å². The fourth-order valence-electron chi connectivity index (χ4n) is 4.53. The molecule has 0 aromatic heterocycles. The lowest BCUT2D eigenvalue weighted by Gasteiger charge is -2.34. The molecule has 190 valence electrons. The van der Waals surface area contributed by atoms with Gasteiger partial charge in [0.15, 0.2) is 12.1 Å². The number of rotatable bonds is 12. The molecule has 7 heteroatoms. The molecule has 0 bridgehead atoms. The number of ketones is 1. The van der Waals surface area contributed by atoms with Gasteiger partial charge in [-0.05, 0) is 43.0 Å². The third kappa shape index (κ3) is 5.96. The fourth-order valence-corrected chi connectivity index (χ4v) is 4.53. The van der Waals surface area contributed by atoms with Crippen LogP contribution in [-0.4, -0.2) is 42.5 Å². The van der Waals surface area contributed by atoms with Crippen molar-refractivity contribution in [2.24, 2.45) is 0 Å². The van der Waals surface area contributed by atoms with Crippen LogP contribution in [0.25, 0.3) is 0 Å². The molecule has 1 aliphatic rings. The summed E-state index contributed by atoms with van der Waals surface area (Å²) in [5, 5.41) is 9.90. The van der Waals surface area contributed by atoms with Crippen molar-refractivity contribution in [3.8, 4) is 17.2 Å². The van der Waals surface area contributed by atoms with Crippen LogP contribution in [0.4, 0.5) is 0 Å². The Bertz CT molecular complexity index is 1050. The number of methoxy groups -OCH3 is 1. The van der Waals surface area contributed by atoms with Gasteiger partial charge in [0.1, 0.15) is 23.4 Å². The molecule has 0 aliphatic carbocycles. The third-order valence-corrected chi connectivity index (χ3v) is 6.16. The van der Waals surface area contributed by atoms with E-state index >= 15 is 0 Å². The molecule has 2 aromatic carbocycles. The summed E-state index contributed by atoms with van der Waals surface area (Å²) in [4.78, 5) is 24.2. The van der Waals surface area contributed by atoms with E-state index in [-0.39, 0.29) is 5.78 Å². The van der Waals surface area contributed by atoms with Gasteiger partial charge in [-0.2, -0.15) is 0 Å². The number of para-hydroxylation sites is 1. The van der Waals surface area contributed by atoms with E-state index in [0.29, 0.717) is 42.1 Å². The summed E-state index contributed by atoms with van der Waals surface area (Å²) >= 11 is 0. The molecule has 0 saturated carbocycles. The van der Waals surface area contributed by atoms with Gasteiger partial charge in [0.05, 0.1) is 12.7 Å². The molecule has 1 aliphatic heterocycles. The van der Waals surface area contributed by atoms with Gasteiger partial charge in [0.25, 0.3) is 0 Å². The Labute approximate surface area is 207 Å². The molecule has 0 fully saturated rings. The van der Waals surface area contributed by atoms with E-state index in [2.05, 4.69) is 6.92 Å². The minimum atomic E-state index is -1.14. The largest absolute Gasteiger partial charge is 0.496 e. The molecule has 3 atom stereocenters. The van der Waals surface area contributed by atoms with Crippen LogP contribution >= 0.6 is 0 Å². The molecular formula is C28H36O7. The number of hydrogen-bond acceptors (Lipinski definition) is 6. The Morgan fingerprint density at radius 2 is 1.86 bits per heavy atom. The maximum Gasteiger partial charge on any atom is 0.347 e. The van der Waals surface area contributed by atoms with Crippen LogP contribution in [0, 0.1) is 0 Å². The van der Waals surface area contributed by atoms with E-state index in [1.165, 1.54) is 6.92 Å². The summed E-state index contributed by atoms with van der Waals surface area (Å²) in [6.45, 7) is 7.54. The quantitative estimate of drug-likeness (QED) is 0.319. The molecule has 2 aromatic rings. The van der Waals surface area contributed by atoms with Crippen LogP contribution in [0.5, 0.6) is 17.2 Å². The van der Waals surface area contributed by atoms with Crippen molar-refractivity contribution < 1.29 is 33.6 Å². The number of ether oxygens (including phenoxy) is 4. The summed E-state index contributed by atoms with van der Waals surface area (Å²) in [7, 11) is 1.54. The molecule has 3 rings (SSSR count). The van der Waals surface area contributed by atoms with Crippen molar-refractivity contribution in [2.75, 3.05) is 7.11 Å². The third-order valence-electron chi connectivity index (χ3n) is 6.16. The summed E-state index contributed by atoms with van der Waals surface area (Å²) in [5.74, 6) is 0.577. The second-order valence-electron chi connectivity index (χ2n) is 8.80. The van der Waals surface area contributed by atoms with E-state index in [4.69, 9.17) is 18.9 Å². The average Bonchev–Trinajstić information content (AvgIpc) is 2.84. The molecule has 35 heavy (non-hydrogen) atoms. The molecular weight excluding hydrogens is 448 g/mol. The van der Waals surface area contributed by atoms with Crippen molar-refractivity contribution in [3.05, 3.63) is 52.6 Å². The lowest BCUT2D eigenvalue weighted by molar-refractivity contribution is -0.174. The summed E-state index contributed by atoms with van der Waals surface area (Å²) < 4.78 is 24.0. The Morgan fingerprint density at radius 1 is 1.11 bits per heavy atom. The normalized spacial score (nSPS) is 17.7. The van der Waals surface area contributed by atoms with Crippen LogP contribution in [0.3, 0.4) is 0 Å². The van der Waals surface area contributed by atoms with Gasteiger partial charge >= 0.3 is 5.97 Å². The molecule has 0 spiro atoms. The van der Waals surface area contributed by atoms with Gasteiger partial charge in [-0.15, -0.1) is 0 Å². The molecule has 1 N–H and O–H groups in total. The number of Topliss-reactive ketones (excluding diaryl/α,β-unsaturated/α-hetero) is 1. The number of hydrogen-bond donors (Lipinski definition) is 1. The number of carboxylic acid groups (broad SMARTS) is 1. The Morgan fingerprint density at radius 3 is 2.46 bits per heavy atom. The maximum absolute atomic E-state index is 12.1. The van der Waals surface area contributed by atoms with E-state index < -0.39 is 24.5 Å². The molecule has 0 radical (unpaired) electrons. The highest BCUT2D eigenvalue weighted by Gasteiger charge is 2.39. The first kappa shape index (κ1) is 26.5. The number of aryl methyl sites for hydroxylation is 1. The van der Waals surface area contributed by atoms with E-state index in [1.54, 1.807) is 19.2 Å². The van der Waals surface area contributed by atoms with Crippen LogP contribution in [0.15, 0.2) is 30.3 Å². The molecule has 0 amide bonds. The Kier molecular flexibility index (Phi) is 9.15. The Balaban J connectivity index is 1.88. The van der Waals surface area contributed by atoms with Crippen LogP contribution in [0.1, 0.15) is 74.0 Å². The molecule has 1 heterocycles. The van der Waals surface area contributed by atoms with Crippen molar-refractivity contribution in [1.82, 2.24) is 0 Å². The van der Waals surface area contributed by atoms with Crippen molar-refractivity contribution in [2.45, 2.75) is 84.7 Å². The zero-order chi connectivity index (χ0) is 25.5. The fraction of sp³-hybridized carbons (Fsp3) is 0.500. The van der Waals surface area contributed by atoms with Gasteiger partial charge in [-0.25, -0.2) is 4.79 Å². The second-order valence-corrected chi connectivity index (χ2v) is 8.80. The number of benzene rings is 2. The van der Waals surface area contributed by atoms with Crippen molar-refractivity contribution in [3.63, 3.8) is 0 Å². The van der Waals surface area contributed by atoms with Crippen molar-refractivity contribution >= 4 is 11.8 Å². The lowest BCUT2D eigenvalue weighted by atomic mass is 9.95. The van der Waals surface area contributed by atoms with Gasteiger partial charge < -0.3 is 24.1 Å². The minimum absolute atomic E-state index is 0.0844. The highest BCUT2D eigenvalue weighted by Crippen LogP contribution is 2.37. The van der Waals surface area contributed by atoms with Gasteiger partial charge in [0, 0.05) is 18.4 Å². The van der Waals surface area contributed by atoms with Gasteiger partial charge in [-0.3, -0.25) is 4.79 Å². The van der Waals surface area contributed by atoms with E-state index in [0.717, 1.165) is 36.0 Å². The average molecular weight is 485 g/mol. The SMILES string of the molecule is CCCc1cccc2c1OC(C(=O)O)C(OC(CC)Oc1ccc(C(C)=O)c(OC)c1CCC)C2. The highest BCUT2D eigenvalue weighted by molar-refractivity contribution is 5.97. The predicted octanol–water partition coefficient (Wildman–Crippen LogP) is 5.39. The topological polar surface area (TPSA) is 91.3 Å². The number of carboxylic acids is 1. The standard InChI is InChI=1S/C28H36O7/c1-6-10-18-12-9-13-19-16-23(27(28(30)31)35-25(18)19)34-24(8-3)33-22-15-14-20(17(4)29)26(32-5)21(22)11-7-2/h9,12-15,23-24,27H,6-8,10-11,16H2,1-5H3,(H,30,31). The lowest BCUT2D eigenvalue weighted by Crippen LogP contribution is -2.47. The first-order valence-corrected chi connectivity index (χ1v) is 12.4. The number of carbonyl (C=O) groups is 2. The number of aliphatic carboxylic acids is 1. The molecule has 0 saturated heterocycles. The predicted molar refractivity (Wildman–Crippen MR) is 133 cm³/mol. The summed E-state index contributed by atoms with van der Waals surface area (Å²) in [6.07, 6.45) is 1.61. The number of carbonyl (C=O) groups excluding carboxylic acids is 1. The molecule has 7 nitrogen and oxygen atoms in total. The van der Waals surface area contributed by atoms with Gasteiger partial charge in [-0.1, -0.05) is 51.8 Å². The number of fused-ring (bicyclic) bond motifs is 1. The zero-order valence-corrected chi connectivity index (χ0v) is 21.3. The maximum atomic E-state index is 12.1. The molecule has 3 unspecified atom stereocenters. The van der Waals surface area contributed by atoms with Crippen LogP contribution in [-0.2, 0) is 28.8 Å². The zero-order valence-electron chi connectivity index (χ0n) is 21.3. The van der Waals surface area contributed by atoms with Crippen LogP contribution in [0.2, 0.25) is 0 Å². The van der Waals surface area contributed by atoms with Crippen LogP contribution < -0.4 is 14.2 Å². The minimum Gasteiger partial charge on any atom is -0.496 e. The Hall–Kier alpha value is -3.06. The first-order valence-electron chi connectivity index (χ1n) is 12.4. The monoisotopic (exact) mass is 484 g/mol.